The molecule has 1 aromatic carbocycles. The van der Waals surface area contributed by atoms with E-state index in [9.17, 15) is 9.90 Å². The van der Waals surface area contributed by atoms with Crippen LogP contribution in [-0.4, -0.2) is 6.29 Å². The van der Waals surface area contributed by atoms with Gasteiger partial charge in [-0.2, -0.15) is 0 Å². The molecule has 0 aliphatic rings. The number of hydrogen-bond donors (Lipinski definition) is 0. The van der Waals surface area contributed by atoms with Crippen LogP contribution in [0.2, 0.25) is 0 Å². The van der Waals surface area contributed by atoms with E-state index in [4.69, 9.17) is 0 Å². The van der Waals surface area contributed by atoms with Gasteiger partial charge in [-0.3, -0.25) is 0 Å². The quantitative estimate of drug-likeness (QED) is 0.554. The van der Waals surface area contributed by atoms with Crippen LogP contribution >= 0.6 is 0 Å². The second kappa shape index (κ2) is 3.01. The molecule has 1 aromatic rings. The van der Waals surface area contributed by atoms with Crippen LogP contribution in [0, 0.1) is 0 Å². The van der Waals surface area contributed by atoms with Crippen molar-refractivity contribution in [2.75, 3.05) is 0 Å². The molecule has 0 N–H and O–H groups in total. The van der Waals surface area contributed by atoms with Crippen molar-refractivity contribution in [1.29, 1.82) is 0 Å². The summed E-state index contributed by atoms with van der Waals surface area (Å²) < 4.78 is 0. The van der Waals surface area contributed by atoms with Gasteiger partial charge in [0.25, 0.3) is 0 Å². The van der Waals surface area contributed by atoms with Crippen LogP contribution in [0.15, 0.2) is 24.3 Å². The predicted octanol–water partition coefficient (Wildman–Crippen LogP) is 0.502. The first-order valence-corrected chi connectivity index (χ1v) is 3.02. The topological polar surface area (TPSA) is 40.1 Å². The molecule has 0 atom stereocenters. The maximum Gasteiger partial charge on any atom is 0.124 e. The van der Waals surface area contributed by atoms with Gasteiger partial charge in [0.05, 0.1) is 0 Å². The Hall–Kier alpha value is -1.31. The van der Waals surface area contributed by atoms with Crippen LogP contribution in [-0.2, 0) is 11.2 Å². The van der Waals surface area contributed by atoms with E-state index >= 15 is 0 Å². The fraction of sp³-hybridized carbons (Fsp3) is 0.125. The Kier molecular flexibility index (Phi) is 2.05. The molecule has 0 saturated carbocycles. The third-order valence-corrected chi connectivity index (χ3v) is 1.22. The van der Waals surface area contributed by atoms with E-state index in [0.717, 1.165) is 11.8 Å². The highest BCUT2D eigenvalue weighted by atomic mass is 16.3. The molecular weight excluding hydrogens is 128 g/mol. The molecule has 0 unspecified atom stereocenters. The number of rotatable bonds is 2. The molecule has 10 heavy (non-hydrogen) atoms. The Balaban J connectivity index is 2.84. The molecule has 0 saturated heterocycles. The summed E-state index contributed by atoms with van der Waals surface area (Å²) in [6.45, 7) is 0. The number of hydrogen-bond acceptors (Lipinski definition) is 2. The van der Waals surface area contributed by atoms with Crippen molar-refractivity contribution in [3.8, 4) is 5.75 Å². The number of carbonyl (C=O) groups excluding carboxylic acids is 1. The number of carbonyl (C=O) groups is 1. The van der Waals surface area contributed by atoms with Crippen LogP contribution in [0.5, 0.6) is 5.75 Å². The van der Waals surface area contributed by atoms with E-state index in [1.165, 1.54) is 12.1 Å². The smallest absolute Gasteiger partial charge is 0.124 e. The van der Waals surface area contributed by atoms with Gasteiger partial charge in [-0.1, -0.05) is 24.3 Å². The van der Waals surface area contributed by atoms with E-state index in [2.05, 4.69) is 0 Å². The maximum absolute atomic E-state index is 10.6. The molecule has 52 valence electrons. The second-order valence-corrected chi connectivity index (χ2v) is 2.02. The van der Waals surface area contributed by atoms with Crippen LogP contribution in [0.3, 0.4) is 0 Å². The minimum atomic E-state index is -0.0423. The SMILES string of the molecule is O=CCc1cccc([O-])c1. The molecule has 0 amide bonds. The molecule has 0 aliphatic carbocycles. The lowest BCUT2D eigenvalue weighted by atomic mass is 10.2. The van der Waals surface area contributed by atoms with E-state index < -0.39 is 0 Å². The molecule has 2 nitrogen and oxygen atoms in total. The molecule has 0 aliphatic heterocycles. The fourth-order valence-corrected chi connectivity index (χ4v) is 0.769. The third-order valence-electron chi connectivity index (χ3n) is 1.22. The van der Waals surface area contributed by atoms with Crippen molar-refractivity contribution in [3.05, 3.63) is 29.8 Å². The molecule has 0 spiro atoms. The zero-order valence-corrected chi connectivity index (χ0v) is 5.41. The third kappa shape index (κ3) is 1.58. The van der Waals surface area contributed by atoms with Gasteiger partial charge in [-0.25, -0.2) is 0 Å². The summed E-state index contributed by atoms with van der Waals surface area (Å²) in [5.41, 5.74) is 0.780. The summed E-state index contributed by atoms with van der Waals surface area (Å²) in [5.74, 6) is -0.0423. The lowest BCUT2D eigenvalue weighted by molar-refractivity contribution is -0.268. The maximum atomic E-state index is 10.6. The molecule has 2 heteroatoms. The predicted molar refractivity (Wildman–Crippen MR) is 35.7 cm³/mol. The standard InChI is InChI=1S/C8H8O2/c9-5-4-7-2-1-3-8(10)6-7/h1-3,5-6,10H,4H2/p-1. The van der Waals surface area contributed by atoms with Gasteiger partial charge in [0.1, 0.15) is 6.29 Å². The Bertz CT molecular complexity index is 230. The van der Waals surface area contributed by atoms with Crippen molar-refractivity contribution in [3.63, 3.8) is 0 Å². The Morgan fingerprint density at radius 3 is 2.90 bits per heavy atom. The van der Waals surface area contributed by atoms with Gasteiger partial charge in [0.15, 0.2) is 0 Å². The van der Waals surface area contributed by atoms with Gasteiger partial charge >= 0.3 is 0 Å². The van der Waals surface area contributed by atoms with Crippen molar-refractivity contribution >= 4 is 6.29 Å². The van der Waals surface area contributed by atoms with Gasteiger partial charge in [0.2, 0.25) is 0 Å². The van der Waals surface area contributed by atoms with E-state index in [1.807, 2.05) is 0 Å². The van der Waals surface area contributed by atoms with Gasteiger partial charge in [-0.05, 0) is 5.56 Å². The van der Waals surface area contributed by atoms with E-state index in [1.54, 1.807) is 12.1 Å². The summed E-state index contributed by atoms with van der Waals surface area (Å²) in [5, 5.41) is 10.6. The van der Waals surface area contributed by atoms with Crippen molar-refractivity contribution in [2.45, 2.75) is 6.42 Å². The Morgan fingerprint density at radius 2 is 2.30 bits per heavy atom. The first-order chi connectivity index (χ1) is 4.83. The largest absolute Gasteiger partial charge is 0.872 e. The van der Waals surface area contributed by atoms with Gasteiger partial charge in [-0.15, -0.1) is 5.75 Å². The summed E-state index contributed by atoms with van der Waals surface area (Å²) >= 11 is 0. The van der Waals surface area contributed by atoms with Crippen LogP contribution < -0.4 is 5.11 Å². The lowest BCUT2D eigenvalue weighted by Crippen LogP contribution is -1.91. The van der Waals surface area contributed by atoms with Gasteiger partial charge in [0, 0.05) is 6.42 Å². The first kappa shape index (κ1) is 6.81. The normalized spacial score (nSPS) is 9.20. The zero-order valence-electron chi connectivity index (χ0n) is 5.41. The highest BCUT2D eigenvalue weighted by Gasteiger charge is 1.86. The van der Waals surface area contributed by atoms with Gasteiger partial charge < -0.3 is 9.90 Å². The van der Waals surface area contributed by atoms with Crippen molar-refractivity contribution in [2.24, 2.45) is 0 Å². The molecule has 0 bridgehead atoms. The molecule has 0 radical (unpaired) electrons. The van der Waals surface area contributed by atoms with Crippen LogP contribution in [0.4, 0.5) is 0 Å². The minimum absolute atomic E-state index is 0.0423. The summed E-state index contributed by atoms with van der Waals surface area (Å²) in [6, 6.07) is 6.35. The average Bonchev–Trinajstić information content (AvgIpc) is 1.88. The summed E-state index contributed by atoms with van der Waals surface area (Å²) in [7, 11) is 0. The van der Waals surface area contributed by atoms with Crippen molar-refractivity contribution < 1.29 is 9.90 Å². The lowest BCUT2D eigenvalue weighted by Gasteiger charge is -2.04. The molecular formula is C8H7O2-. The summed E-state index contributed by atoms with van der Waals surface area (Å²) in [4.78, 5) is 9.98. The van der Waals surface area contributed by atoms with Crippen LogP contribution in [0.25, 0.3) is 0 Å². The number of aldehydes is 1. The van der Waals surface area contributed by atoms with E-state index in [0.29, 0.717) is 6.42 Å². The summed E-state index contributed by atoms with van der Waals surface area (Å²) in [6.07, 6.45) is 1.12. The monoisotopic (exact) mass is 135 g/mol. The Labute approximate surface area is 59.1 Å². The highest BCUT2D eigenvalue weighted by Crippen LogP contribution is 2.06. The minimum Gasteiger partial charge on any atom is -0.872 e. The second-order valence-electron chi connectivity index (χ2n) is 2.02. The van der Waals surface area contributed by atoms with Crippen LogP contribution in [0.1, 0.15) is 5.56 Å². The fourth-order valence-electron chi connectivity index (χ4n) is 0.769. The van der Waals surface area contributed by atoms with Crippen molar-refractivity contribution in [1.82, 2.24) is 0 Å². The molecule has 1 rings (SSSR count). The average molecular weight is 135 g/mol. The highest BCUT2D eigenvalue weighted by molar-refractivity contribution is 5.55. The zero-order chi connectivity index (χ0) is 7.40. The first-order valence-electron chi connectivity index (χ1n) is 3.02. The number of benzene rings is 1. The molecule has 0 fully saturated rings. The Morgan fingerprint density at radius 1 is 1.50 bits per heavy atom. The van der Waals surface area contributed by atoms with E-state index in [-0.39, 0.29) is 5.75 Å². The molecule has 0 heterocycles. The molecule has 0 aromatic heterocycles.